The monoisotopic (exact) mass is 347 g/mol. The van der Waals surface area contributed by atoms with Crippen LogP contribution in [0.3, 0.4) is 0 Å². The number of aliphatic hydroxyl groups excluding tert-OH is 1. The fourth-order valence-corrected chi connectivity index (χ4v) is 2.11. The van der Waals surface area contributed by atoms with Gasteiger partial charge in [0.2, 0.25) is 0 Å². The summed E-state index contributed by atoms with van der Waals surface area (Å²) in [6.45, 7) is 3.72. The van der Waals surface area contributed by atoms with E-state index in [1.54, 1.807) is 6.92 Å². The lowest BCUT2D eigenvalue weighted by Gasteiger charge is -2.18. The minimum Gasteiger partial charge on any atom is -0.394 e. The summed E-state index contributed by atoms with van der Waals surface area (Å²) in [7, 11) is 0. The summed E-state index contributed by atoms with van der Waals surface area (Å²) in [5.74, 6) is -0.972. The predicted molar refractivity (Wildman–Crippen MR) is 89.8 cm³/mol. The molecule has 8 heteroatoms. The minimum absolute atomic E-state index is 0.0904. The number of aliphatic hydroxyl groups is 1. The van der Waals surface area contributed by atoms with E-state index in [1.165, 1.54) is 6.07 Å². The van der Waals surface area contributed by atoms with Gasteiger partial charge in [-0.15, -0.1) is 0 Å². The van der Waals surface area contributed by atoms with E-state index in [9.17, 15) is 9.59 Å². The van der Waals surface area contributed by atoms with Crippen LogP contribution in [-0.4, -0.2) is 41.8 Å². The molecule has 1 unspecified atom stereocenters. The van der Waals surface area contributed by atoms with Gasteiger partial charge in [0, 0.05) is 12.6 Å². The second-order valence-corrected chi connectivity index (χ2v) is 5.48. The maximum absolute atomic E-state index is 11.9. The number of benzene rings is 1. The molecule has 2 amide bonds. The van der Waals surface area contributed by atoms with Crippen LogP contribution in [0, 0.1) is 13.8 Å². The van der Waals surface area contributed by atoms with E-state index < -0.39 is 17.9 Å². The fourth-order valence-electron chi connectivity index (χ4n) is 2.11. The van der Waals surface area contributed by atoms with Gasteiger partial charge in [-0.2, -0.15) is 0 Å². The van der Waals surface area contributed by atoms with Crippen molar-refractivity contribution in [1.29, 1.82) is 0 Å². The Morgan fingerprint density at radius 3 is 2.56 bits per heavy atom. The second kappa shape index (κ2) is 8.95. The van der Waals surface area contributed by atoms with Crippen LogP contribution in [0.25, 0.3) is 0 Å². The van der Waals surface area contributed by atoms with Gasteiger partial charge < -0.3 is 19.7 Å². The van der Waals surface area contributed by atoms with Crippen molar-refractivity contribution in [3.05, 3.63) is 47.2 Å². The maximum atomic E-state index is 11.9. The van der Waals surface area contributed by atoms with Crippen LogP contribution in [0.5, 0.6) is 0 Å². The number of ether oxygens (including phenoxy) is 1. The van der Waals surface area contributed by atoms with Crippen LogP contribution < -0.4 is 10.6 Å². The quantitative estimate of drug-likeness (QED) is 0.646. The standard InChI is InChI=1S/C17H21N3O5/c1-11-3-5-13(6-4-11)14(24-8-7-21)10-18-16(22)17(23)19-15-9-12(2)25-20-15/h3-6,9,14,21H,7-8,10H2,1-2H3,(H,18,22)(H,19,20,23). The van der Waals surface area contributed by atoms with Crippen LogP contribution in [0.4, 0.5) is 5.82 Å². The smallest absolute Gasteiger partial charge is 0.314 e. The zero-order valence-electron chi connectivity index (χ0n) is 14.1. The first-order valence-electron chi connectivity index (χ1n) is 7.81. The molecule has 1 aromatic heterocycles. The van der Waals surface area contributed by atoms with Gasteiger partial charge in [-0.3, -0.25) is 14.9 Å². The zero-order valence-corrected chi connectivity index (χ0v) is 14.1. The van der Waals surface area contributed by atoms with Crippen LogP contribution in [0.15, 0.2) is 34.9 Å². The van der Waals surface area contributed by atoms with Crippen molar-refractivity contribution in [2.45, 2.75) is 20.0 Å². The molecule has 2 rings (SSSR count). The Bertz CT molecular complexity index is 711. The Kier molecular flexibility index (Phi) is 6.67. The van der Waals surface area contributed by atoms with Crippen molar-refractivity contribution in [2.24, 2.45) is 0 Å². The van der Waals surface area contributed by atoms with E-state index in [4.69, 9.17) is 14.4 Å². The van der Waals surface area contributed by atoms with Crippen molar-refractivity contribution in [2.75, 3.05) is 25.1 Å². The van der Waals surface area contributed by atoms with Crippen molar-refractivity contribution < 1.29 is 24.0 Å². The number of carbonyl (C=O) groups is 2. The summed E-state index contributed by atoms with van der Waals surface area (Å²) in [5, 5.41) is 17.4. The Hall–Kier alpha value is -2.71. The molecular weight excluding hydrogens is 326 g/mol. The molecule has 0 aliphatic carbocycles. The molecule has 134 valence electrons. The van der Waals surface area contributed by atoms with Gasteiger partial charge in [-0.05, 0) is 19.4 Å². The summed E-state index contributed by atoms with van der Waals surface area (Å²) in [4.78, 5) is 23.8. The third kappa shape index (κ3) is 5.70. The van der Waals surface area contributed by atoms with Crippen LogP contribution in [-0.2, 0) is 14.3 Å². The average Bonchev–Trinajstić information content (AvgIpc) is 3.00. The fraction of sp³-hybridized carbons (Fsp3) is 0.353. The lowest BCUT2D eigenvalue weighted by molar-refractivity contribution is -0.136. The molecule has 0 saturated heterocycles. The third-order valence-electron chi connectivity index (χ3n) is 3.38. The summed E-state index contributed by atoms with van der Waals surface area (Å²) in [5.41, 5.74) is 1.93. The molecule has 0 fully saturated rings. The van der Waals surface area contributed by atoms with Gasteiger partial charge in [0.25, 0.3) is 0 Å². The van der Waals surface area contributed by atoms with Crippen molar-refractivity contribution >= 4 is 17.6 Å². The summed E-state index contributed by atoms with van der Waals surface area (Å²) < 4.78 is 10.4. The van der Waals surface area contributed by atoms with E-state index in [0.29, 0.717) is 5.76 Å². The molecule has 25 heavy (non-hydrogen) atoms. The molecule has 1 heterocycles. The SMILES string of the molecule is Cc1ccc(C(CNC(=O)C(=O)Nc2cc(C)on2)OCCO)cc1. The Balaban J connectivity index is 1.93. The molecule has 3 N–H and O–H groups in total. The minimum atomic E-state index is -0.849. The van der Waals surface area contributed by atoms with Crippen molar-refractivity contribution in [3.8, 4) is 0 Å². The second-order valence-electron chi connectivity index (χ2n) is 5.48. The number of aryl methyl sites for hydroxylation is 2. The highest BCUT2D eigenvalue weighted by atomic mass is 16.5. The highest BCUT2D eigenvalue weighted by Crippen LogP contribution is 2.17. The highest BCUT2D eigenvalue weighted by molar-refractivity contribution is 6.39. The molecule has 0 radical (unpaired) electrons. The normalized spacial score (nSPS) is 11.8. The lowest BCUT2D eigenvalue weighted by Crippen LogP contribution is -2.38. The number of nitrogens with one attached hydrogen (secondary N) is 2. The van der Waals surface area contributed by atoms with Crippen LogP contribution >= 0.6 is 0 Å². The summed E-state index contributed by atoms with van der Waals surface area (Å²) >= 11 is 0. The van der Waals surface area contributed by atoms with Crippen molar-refractivity contribution in [1.82, 2.24) is 10.5 Å². The summed E-state index contributed by atoms with van der Waals surface area (Å²) in [6.07, 6.45) is -0.473. The van der Waals surface area contributed by atoms with Gasteiger partial charge in [-0.1, -0.05) is 35.0 Å². The van der Waals surface area contributed by atoms with E-state index in [1.807, 2.05) is 31.2 Å². The van der Waals surface area contributed by atoms with Crippen LogP contribution in [0.2, 0.25) is 0 Å². The number of anilines is 1. The Labute approximate surface area is 145 Å². The first kappa shape index (κ1) is 18.6. The van der Waals surface area contributed by atoms with Gasteiger partial charge in [0.1, 0.15) is 5.76 Å². The third-order valence-corrected chi connectivity index (χ3v) is 3.38. The number of amides is 2. The topological polar surface area (TPSA) is 114 Å². The van der Waals surface area contributed by atoms with Gasteiger partial charge in [-0.25, -0.2) is 0 Å². The first-order valence-corrected chi connectivity index (χ1v) is 7.81. The first-order chi connectivity index (χ1) is 12.0. The molecule has 1 aromatic carbocycles. The van der Waals surface area contributed by atoms with E-state index in [0.717, 1.165) is 11.1 Å². The molecule has 0 aliphatic heterocycles. The van der Waals surface area contributed by atoms with Crippen molar-refractivity contribution in [3.63, 3.8) is 0 Å². The summed E-state index contributed by atoms with van der Waals surface area (Å²) in [6, 6.07) is 9.10. The molecular formula is C17H21N3O5. The Morgan fingerprint density at radius 1 is 1.24 bits per heavy atom. The molecule has 0 bridgehead atoms. The molecule has 0 saturated carbocycles. The zero-order chi connectivity index (χ0) is 18.2. The average molecular weight is 347 g/mol. The Morgan fingerprint density at radius 2 is 1.96 bits per heavy atom. The molecule has 2 aromatic rings. The molecule has 1 atom stereocenters. The van der Waals surface area contributed by atoms with E-state index in [2.05, 4.69) is 15.8 Å². The highest BCUT2D eigenvalue weighted by Gasteiger charge is 2.19. The number of rotatable bonds is 7. The number of nitrogens with zero attached hydrogens (tertiary/aromatic N) is 1. The largest absolute Gasteiger partial charge is 0.394 e. The molecule has 8 nitrogen and oxygen atoms in total. The lowest BCUT2D eigenvalue weighted by atomic mass is 10.1. The van der Waals surface area contributed by atoms with E-state index >= 15 is 0 Å². The number of hydrogen-bond acceptors (Lipinski definition) is 6. The maximum Gasteiger partial charge on any atom is 0.314 e. The predicted octanol–water partition coefficient (Wildman–Crippen LogP) is 1.10. The van der Waals surface area contributed by atoms with Gasteiger partial charge in [0.05, 0.1) is 19.3 Å². The van der Waals surface area contributed by atoms with Gasteiger partial charge >= 0.3 is 11.8 Å². The van der Waals surface area contributed by atoms with Gasteiger partial charge in [0.15, 0.2) is 5.82 Å². The number of aromatic nitrogens is 1. The molecule has 0 spiro atoms. The number of carbonyl (C=O) groups excluding carboxylic acids is 2. The van der Waals surface area contributed by atoms with Crippen LogP contribution in [0.1, 0.15) is 23.0 Å². The molecule has 0 aliphatic rings. The van der Waals surface area contributed by atoms with E-state index in [-0.39, 0.29) is 25.6 Å². The number of hydrogen-bond donors (Lipinski definition) is 3.